The number of methoxy groups -OCH3 is 1. The summed E-state index contributed by atoms with van der Waals surface area (Å²) in [5.41, 5.74) is 1.68. The first-order valence-electron chi connectivity index (χ1n) is 8.27. The fraction of sp³-hybridized carbons (Fsp3) is 0.211. The van der Waals surface area contributed by atoms with E-state index >= 15 is 0 Å². The standard InChI is InChI=1S/C19H18FN5O3/c1-5-13(22-16(20)6-11(2)18-24-21-10-25(18)3)19-23-14-7-12(9-26)8-15(27-4)17(14)28-19/h5,7-10,16H,1-2,6H2,3-4H3. The molecule has 0 aliphatic carbocycles. The summed E-state index contributed by atoms with van der Waals surface area (Å²) in [6.07, 6.45) is 1.83. The number of allylic oxidation sites excluding steroid dienone is 1. The molecule has 0 amide bonds. The zero-order valence-corrected chi connectivity index (χ0v) is 15.4. The van der Waals surface area contributed by atoms with Crippen LogP contribution in [0.15, 0.2) is 47.1 Å². The van der Waals surface area contributed by atoms with Gasteiger partial charge in [-0.1, -0.05) is 13.2 Å². The fourth-order valence-corrected chi connectivity index (χ4v) is 2.64. The van der Waals surface area contributed by atoms with Crippen molar-refractivity contribution < 1.29 is 18.3 Å². The Hall–Kier alpha value is -3.62. The van der Waals surface area contributed by atoms with Crippen LogP contribution in [0.5, 0.6) is 5.75 Å². The Kier molecular flexibility index (Phi) is 5.44. The number of ether oxygens (including phenoxy) is 1. The molecule has 3 rings (SSSR count). The molecule has 1 atom stereocenters. The van der Waals surface area contributed by atoms with Gasteiger partial charge >= 0.3 is 0 Å². The minimum absolute atomic E-state index is 0.0678. The van der Waals surface area contributed by atoms with Gasteiger partial charge in [0, 0.05) is 19.0 Å². The second-order valence-corrected chi connectivity index (χ2v) is 5.93. The summed E-state index contributed by atoms with van der Waals surface area (Å²) in [5.74, 6) is 0.887. The lowest BCUT2D eigenvalue weighted by Gasteiger charge is -2.07. The minimum atomic E-state index is -1.61. The highest BCUT2D eigenvalue weighted by atomic mass is 19.1. The summed E-state index contributed by atoms with van der Waals surface area (Å²) in [5, 5.41) is 7.64. The first kappa shape index (κ1) is 19.2. The van der Waals surface area contributed by atoms with Crippen LogP contribution in [0.2, 0.25) is 0 Å². The first-order chi connectivity index (χ1) is 13.5. The number of hydrogen-bond acceptors (Lipinski definition) is 7. The smallest absolute Gasteiger partial charge is 0.246 e. The maximum atomic E-state index is 14.5. The molecule has 0 radical (unpaired) electrons. The van der Waals surface area contributed by atoms with E-state index in [4.69, 9.17) is 9.15 Å². The molecule has 0 aliphatic heterocycles. The van der Waals surface area contributed by atoms with Crippen LogP contribution in [0.4, 0.5) is 4.39 Å². The van der Waals surface area contributed by atoms with Crippen molar-refractivity contribution in [1.29, 1.82) is 0 Å². The zero-order valence-electron chi connectivity index (χ0n) is 15.4. The monoisotopic (exact) mass is 383 g/mol. The third-order valence-electron chi connectivity index (χ3n) is 3.97. The number of aldehydes is 1. The molecule has 1 aromatic carbocycles. The van der Waals surface area contributed by atoms with Crippen molar-refractivity contribution in [3.05, 3.63) is 55.0 Å². The maximum Gasteiger partial charge on any atom is 0.246 e. The van der Waals surface area contributed by atoms with Crippen molar-refractivity contribution in [2.45, 2.75) is 12.7 Å². The van der Waals surface area contributed by atoms with Crippen molar-refractivity contribution in [3.8, 4) is 5.75 Å². The number of alkyl halides is 1. The average Bonchev–Trinajstić information content (AvgIpc) is 3.30. The predicted octanol–water partition coefficient (Wildman–Crippen LogP) is 3.15. The van der Waals surface area contributed by atoms with Gasteiger partial charge in [0.2, 0.25) is 5.89 Å². The van der Waals surface area contributed by atoms with Crippen LogP contribution >= 0.6 is 0 Å². The molecule has 8 nitrogen and oxygen atoms in total. The summed E-state index contributed by atoms with van der Waals surface area (Å²) in [4.78, 5) is 19.3. The van der Waals surface area contributed by atoms with Gasteiger partial charge < -0.3 is 13.7 Å². The van der Waals surface area contributed by atoms with Gasteiger partial charge in [0.15, 0.2) is 23.5 Å². The highest BCUT2D eigenvalue weighted by Gasteiger charge is 2.18. The van der Waals surface area contributed by atoms with E-state index in [1.807, 2.05) is 0 Å². The largest absolute Gasteiger partial charge is 0.493 e. The van der Waals surface area contributed by atoms with Gasteiger partial charge in [-0.05, 0) is 23.8 Å². The maximum absolute atomic E-state index is 14.5. The van der Waals surface area contributed by atoms with Gasteiger partial charge in [-0.3, -0.25) is 4.79 Å². The van der Waals surface area contributed by atoms with Crippen LogP contribution < -0.4 is 4.74 Å². The second-order valence-electron chi connectivity index (χ2n) is 5.93. The van der Waals surface area contributed by atoms with E-state index in [0.717, 1.165) is 0 Å². The molecular weight excluding hydrogens is 365 g/mol. The Labute approximate surface area is 160 Å². The van der Waals surface area contributed by atoms with Crippen LogP contribution in [0.1, 0.15) is 28.5 Å². The highest BCUT2D eigenvalue weighted by Crippen LogP contribution is 2.28. The lowest BCUT2D eigenvalue weighted by Crippen LogP contribution is -2.06. The molecule has 0 saturated heterocycles. The first-order valence-corrected chi connectivity index (χ1v) is 8.27. The van der Waals surface area contributed by atoms with Crippen LogP contribution in [-0.2, 0) is 7.05 Å². The van der Waals surface area contributed by atoms with E-state index in [1.54, 1.807) is 17.7 Å². The number of aryl methyl sites for hydroxylation is 1. The van der Waals surface area contributed by atoms with Gasteiger partial charge in [-0.2, -0.15) is 0 Å². The molecule has 0 bridgehead atoms. The molecule has 0 fully saturated rings. The number of carbonyl (C=O) groups is 1. The van der Waals surface area contributed by atoms with Crippen LogP contribution in [0, 0.1) is 0 Å². The van der Waals surface area contributed by atoms with Crippen molar-refractivity contribution in [3.63, 3.8) is 0 Å². The van der Waals surface area contributed by atoms with Crippen LogP contribution in [-0.4, -0.2) is 45.2 Å². The van der Waals surface area contributed by atoms with Crippen molar-refractivity contribution in [1.82, 2.24) is 19.7 Å². The number of hydrogen-bond donors (Lipinski definition) is 0. The van der Waals surface area contributed by atoms with Gasteiger partial charge in [0.1, 0.15) is 23.8 Å². The summed E-state index contributed by atoms with van der Waals surface area (Å²) in [6, 6.07) is 3.07. The molecule has 0 aliphatic rings. The predicted molar refractivity (Wildman–Crippen MR) is 102 cm³/mol. The number of carbonyl (C=O) groups excluding carboxylic acids is 1. The number of rotatable bonds is 8. The van der Waals surface area contributed by atoms with E-state index in [-0.39, 0.29) is 18.0 Å². The summed E-state index contributed by atoms with van der Waals surface area (Å²) < 4.78 is 27.1. The summed E-state index contributed by atoms with van der Waals surface area (Å²) >= 11 is 0. The van der Waals surface area contributed by atoms with E-state index < -0.39 is 6.30 Å². The van der Waals surface area contributed by atoms with Gasteiger partial charge in [0.05, 0.1) is 7.11 Å². The quantitative estimate of drug-likeness (QED) is 0.337. The fourth-order valence-electron chi connectivity index (χ4n) is 2.64. The Morgan fingerprint density at radius 3 is 2.89 bits per heavy atom. The molecule has 144 valence electrons. The highest BCUT2D eigenvalue weighted by molar-refractivity contribution is 6.06. The zero-order chi connectivity index (χ0) is 20.3. The average molecular weight is 383 g/mol. The topological polar surface area (TPSA) is 95.4 Å². The Balaban J connectivity index is 1.89. The van der Waals surface area contributed by atoms with Gasteiger partial charge in [0.25, 0.3) is 0 Å². The molecule has 0 spiro atoms. The van der Waals surface area contributed by atoms with E-state index in [2.05, 4.69) is 33.3 Å². The van der Waals surface area contributed by atoms with Crippen molar-refractivity contribution in [2.75, 3.05) is 7.11 Å². The van der Waals surface area contributed by atoms with E-state index in [9.17, 15) is 9.18 Å². The lowest BCUT2D eigenvalue weighted by atomic mass is 10.2. The molecule has 2 aromatic heterocycles. The Morgan fingerprint density at radius 1 is 1.50 bits per heavy atom. The number of fused-ring (bicyclic) bond motifs is 1. The third-order valence-corrected chi connectivity index (χ3v) is 3.97. The van der Waals surface area contributed by atoms with Crippen molar-refractivity contribution >= 4 is 28.7 Å². The van der Waals surface area contributed by atoms with E-state index in [1.165, 1.54) is 25.6 Å². The molecule has 2 heterocycles. The molecular formula is C19H18FN5O3. The number of nitrogens with zero attached hydrogens (tertiary/aromatic N) is 5. The number of aliphatic imine (C=N–C) groups is 1. The molecule has 3 aromatic rings. The second kappa shape index (κ2) is 7.95. The summed E-state index contributed by atoms with van der Waals surface area (Å²) in [7, 11) is 3.19. The molecule has 9 heteroatoms. The van der Waals surface area contributed by atoms with Crippen LogP contribution in [0.3, 0.4) is 0 Å². The molecule has 1 unspecified atom stereocenters. The lowest BCUT2D eigenvalue weighted by molar-refractivity contribution is 0.112. The normalized spacial score (nSPS) is 12.8. The number of halogens is 1. The minimum Gasteiger partial charge on any atom is -0.493 e. The number of aromatic nitrogens is 4. The molecule has 0 saturated carbocycles. The Morgan fingerprint density at radius 2 is 2.29 bits per heavy atom. The van der Waals surface area contributed by atoms with Gasteiger partial charge in [-0.25, -0.2) is 14.4 Å². The Bertz CT molecular complexity index is 1080. The number of oxazole rings is 1. The third kappa shape index (κ3) is 3.73. The molecule has 0 N–H and O–H groups in total. The van der Waals surface area contributed by atoms with Gasteiger partial charge in [-0.15, -0.1) is 10.2 Å². The number of benzene rings is 1. The van der Waals surface area contributed by atoms with Crippen molar-refractivity contribution in [2.24, 2.45) is 12.0 Å². The summed E-state index contributed by atoms with van der Waals surface area (Å²) in [6.45, 7) is 7.48. The molecule has 28 heavy (non-hydrogen) atoms. The van der Waals surface area contributed by atoms with E-state index in [0.29, 0.717) is 40.1 Å². The van der Waals surface area contributed by atoms with Crippen LogP contribution in [0.25, 0.3) is 16.7 Å². The SMILES string of the molecule is C=CC(=NC(F)CC(=C)c1nncn1C)c1nc2cc(C=O)cc(OC)c2o1.